The second-order valence-electron chi connectivity index (χ2n) is 5.69. The minimum Gasteiger partial charge on any atom is -0.381 e. The molecule has 20 heavy (non-hydrogen) atoms. The minimum absolute atomic E-state index is 0.287. The number of thiophene rings is 1. The van der Waals surface area contributed by atoms with Gasteiger partial charge in [0, 0.05) is 48.1 Å². The van der Waals surface area contributed by atoms with Gasteiger partial charge in [0.1, 0.15) is 0 Å². The molecule has 0 bridgehead atoms. The van der Waals surface area contributed by atoms with Crippen molar-refractivity contribution < 1.29 is 9.47 Å². The molecule has 2 heterocycles. The third-order valence-electron chi connectivity index (χ3n) is 4.72. The zero-order chi connectivity index (χ0) is 14.0. The van der Waals surface area contributed by atoms with Crippen LogP contribution in [0.25, 0.3) is 0 Å². The molecule has 2 fully saturated rings. The Balaban J connectivity index is 1.61. The molecule has 3 rings (SSSR count). The highest BCUT2D eigenvalue weighted by Gasteiger charge is 2.55. The molecule has 0 radical (unpaired) electrons. The standard InChI is InChI=1S/C15H22ClNO2S/c1-2-19-14-8-13(15(14)3-5-18-6-4-15)17-9-12-7-11(16)10-20-12/h7,10,13-14,17H,2-6,8-9H2,1H3/t13-,14-/m1/s1. The Kier molecular flexibility index (Phi) is 4.68. The number of hydrogen-bond donors (Lipinski definition) is 1. The average molecular weight is 316 g/mol. The van der Waals surface area contributed by atoms with Crippen molar-refractivity contribution in [2.45, 2.75) is 44.9 Å². The van der Waals surface area contributed by atoms with Crippen LogP contribution in [0.15, 0.2) is 11.4 Å². The average Bonchev–Trinajstić information content (AvgIpc) is 2.88. The van der Waals surface area contributed by atoms with Gasteiger partial charge in [0.05, 0.1) is 11.1 Å². The van der Waals surface area contributed by atoms with Gasteiger partial charge in [-0.25, -0.2) is 0 Å². The fraction of sp³-hybridized carbons (Fsp3) is 0.733. The SMILES string of the molecule is CCO[C@@H]1C[C@@H](NCc2cc(Cl)cs2)C12CCOCC2. The van der Waals surface area contributed by atoms with E-state index < -0.39 is 0 Å². The Bertz CT molecular complexity index is 445. The molecule has 112 valence electrons. The Labute approximate surface area is 129 Å². The summed E-state index contributed by atoms with van der Waals surface area (Å²) in [5.41, 5.74) is 0.287. The largest absolute Gasteiger partial charge is 0.381 e. The van der Waals surface area contributed by atoms with Gasteiger partial charge < -0.3 is 14.8 Å². The maximum Gasteiger partial charge on any atom is 0.0662 e. The van der Waals surface area contributed by atoms with Gasteiger partial charge in [-0.05, 0) is 32.3 Å². The van der Waals surface area contributed by atoms with Crippen LogP contribution in [0.1, 0.15) is 31.1 Å². The van der Waals surface area contributed by atoms with E-state index in [4.69, 9.17) is 21.1 Å². The van der Waals surface area contributed by atoms with Gasteiger partial charge in [-0.2, -0.15) is 0 Å². The Hall–Kier alpha value is -0.130. The normalized spacial score (nSPS) is 28.5. The maximum atomic E-state index is 5.98. The molecular weight excluding hydrogens is 294 g/mol. The minimum atomic E-state index is 0.287. The van der Waals surface area contributed by atoms with E-state index in [0.717, 1.165) is 50.7 Å². The summed E-state index contributed by atoms with van der Waals surface area (Å²) >= 11 is 7.70. The molecule has 0 unspecified atom stereocenters. The second-order valence-corrected chi connectivity index (χ2v) is 7.12. The van der Waals surface area contributed by atoms with Crippen LogP contribution in [0, 0.1) is 5.41 Å². The van der Waals surface area contributed by atoms with Crippen molar-refractivity contribution in [1.82, 2.24) is 5.32 Å². The molecule has 1 saturated carbocycles. The summed E-state index contributed by atoms with van der Waals surface area (Å²) in [6.45, 7) is 5.53. The van der Waals surface area contributed by atoms with Crippen LogP contribution in [0.4, 0.5) is 0 Å². The molecule has 0 amide bonds. The Morgan fingerprint density at radius 3 is 2.95 bits per heavy atom. The van der Waals surface area contributed by atoms with Gasteiger partial charge in [-0.1, -0.05) is 11.6 Å². The van der Waals surface area contributed by atoms with Gasteiger partial charge in [-0.3, -0.25) is 0 Å². The first-order valence-corrected chi connectivity index (χ1v) is 8.66. The molecule has 1 saturated heterocycles. The molecule has 1 aliphatic heterocycles. The lowest BCUT2D eigenvalue weighted by molar-refractivity contribution is -0.173. The molecule has 1 aromatic rings. The van der Waals surface area contributed by atoms with E-state index >= 15 is 0 Å². The van der Waals surface area contributed by atoms with Crippen molar-refractivity contribution in [3.8, 4) is 0 Å². The van der Waals surface area contributed by atoms with Gasteiger partial charge in [0.15, 0.2) is 0 Å². The molecule has 3 nitrogen and oxygen atoms in total. The van der Waals surface area contributed by atoms with E-state index in [1.807, 2.05) is 5.38 Å². The van der Waals surface area contributed by atoms with Gasteiger partial charge in [-0.15, -0.1) is 11.3 Å². The van der Waals surface area contributed by atoms with Crippen molar-refractivity contribution in [3.63, 3.8) is 0 Å². The lowest BCUT2D eigenvalue weighted by atomic mass is 9.57. The first-order valence-electron chi connectivity index (χ1n) is 7.40. The van der Waals surface area contributed by atoms with Crippen molar-refractivity contribution >= 4 is 22.9 Å². The molecule has 1 aromatic heterocycles. The summed E-state index contributed by atoms with van der Waals surface area (Å²) in [4.78, 5) is 1.30. The van der Waals surface area contributed by atoms with E-state index in [1.165, 1.54) is 4.88 Å². The van der Waals surface area contributed by atoms with Crippen LogP contribution in [-0.2, 0) is 16.0 Å². The number of hydrogen-bond acceptors (Lipinski definition) is 4. The van der Waals surface area contributed by atoms with Crippen LogP contribution in [0.2, 0.25) is 5.02 Å². The van der Waals surface area contributed by atoms with Crippen LogP contribution in [0.5, 0.6) is 0 Å². The smallest absolute Gasteiger partial charge is 0.0662 e. The van der Waals surface area contributed by atoms with Gasteiger partial charge >= 0.3 is 0 Å². The summed E-state index contributed by atoms with van der Waals surface area (Å²) in [6, 6.07) is 2.60. The van der Waals surface area contributed by atoms with Crippen molar-refractivity contribution in [1.29, 1.82) is 0 Å². The van der Waals surface area contributed by atoms with E-state index in [2.05, 4.69) is 18.3 Å². The first-order chi connectivity index (χ1) is 9.74. The maximum absolute atomic E-state index is 5.98. The molecule has 1 N–H and O–H groups in total. The van der Waals surface area contributed by atoms with E-state index in [9.17, 15) is 0 Å². The van der Waals surface area contributed by atoms with E-state index in [1.54, 1.807) is 11.3 Å². The topological polar surface area (TPSA) is 30.5 Å². The van der Waals surface area contributed by atoms with Crippen LogP contribution >= 0.6 is 22.9 Å². The van der Waals surface area contributed by atoms with Crippen LogP contribution < -0.4 is 5.32 Å². The van der Waals surface area contributed by atoms with Crippen molar-refractivity contribution in [3.05, 3.63) is 21.3 Å². The third-order valence-corrected chi connectivity index (χ3v) is 6.01. The summed E-state index contributed by atoms with van der Waals surface area (Å²) in [5.74, 6) is 0. The predicted octanol–water partition coefficient (Wildman–Crippen LogP) is 3.47. The number of ether oxygens (including phenoxy) is 2. The summed E-state index contributed by atoms with van der Waals surface area (Å²) in [5, 5.41) is 6.55. The fourth-order valence-electron chi connectivity index (χ4n) is 3.56. The Morgan fingerprint density at radius 1 is 1.50 bits per heavy atom. The van der Waals surface area contributed by atoms with E-state index in [0.29, 0.717) is 12.1 Å². The number of halogens is 1. The zero-order valence-corrected chi connectivity index (χ0v) is 13.4. The summed E-state index contributed by atoms with van der Waals surface area (Å²) < 4.78 is 11.5. The molecule has 0 aromatic carbocycles. The molecule has 2 atom stereocenters. The Morgan fingerprint density at radius 2 is 2.30 bits per heavy atom. The van der Waals surface area contributed by atoms with E-state index in [-0.39, 0.29) is 5.41 Å². The van der Waals surface area contributed by atoms with Crippen molar-refractivity contribution in [2.75, 3.05) is 19.8 Å². The van der Waals surface area contributed by atoms with Crippen LogP contribution in [0.3, 0.4) is 0 Å². The van der Waals surface area contributed by atoms with Gasteiger partial charge in [0.2, 0.25) is 0 Å². The molecule has 1 spiro atoms. The quantitative estimate of drug-likeness (QED) is 0.902. The second kappa shape index (κ2) is 6.32. The van der Waals surface area contributed by atoms with Crippen molar-refractivity contribution in [2.24, 2.45) is 5.41 Å². The molecule has 2 aliphatic rings. The summed E-state index contributed by atoms with van der Waals surface area (Å²) in [7, 11) is 0. The predicted molar refractivity (Wildman–Crippen MR) is 82.5 cm³/mol. The number of nitrogens with one attached hydrogen (secondary N) is 1. The fourth-order valence-corrected chi connectivity index (χ4v) is 4.59. The molecule has 1 aliphatic carbocycles. The highest BCUT2D eigenvalue weighted by Crippen LogP contribution is 2.50. The zero-order valence-electron chi connectivity index (χ0n) is 11.9. The lowest BCUT2D eigenvalue weighted by Crippen LogP contribution is -2.65. The van der Waals surface area contributed by atoms with Crippen LogP contribution in [-0.4, -0.2) is 32.0 Å². The monoisotopic (exact) mass is 315 g/mol. The molecule has 5 heteroatoms. The van der Waals surface area contributed by atoms with Gasteiger partial charge in [0.25, 0.3) is 0 Å². The highest BCUT2D eigenvalue weighted by atomic mass is 35.5. The number of rotatable bonds is 5. The first kappa shape index (κ1) is 14.8. The summed E-state index contributed by atoms with van der Waals surface area (Å²) in [6.07, 6.45) is 3.74. The molecular formula is C15H22ClNO2S. The highest BCUT2D eigenvalue weighted by molar-refractivity contribution is 7.10. The third kappa shape index (κ3) is 2.77. The lowest BCUT2D eigenvalue weighted by Gasteiger charge is -2.57.